The molecule has 0 saturated heterocycles. The SMILES string of the molecule is CCCc1ccc(C(=O)c2c(C)cccc2C(=O)Cl)cc1. The molecule has 0 saturated carbocycles. The van der Waals surface area contributed by atoms with E-state index in [1.165, 1.54) is 5.56 Å². The molecular weight excluding hydrogens is 284 g/mol. The zero-order valence-electron chi connectivity index (χ0n) is 12.2. The lowest BCUT2D eigenvalue weighted by Gasteiger charge is -2.09. The van der Waals surface area contributed by atoms with E-state index in [9.17, 15) is 9.59 Å². The van der Waals surface area contributed by atoms with Gasteiger partial charge in [-0.1, -0.05) is 49.7 Å². The summed E-state index contributed by atoms with van der Waals surface area (Å²) in [5, 5.41) is -0.607. The topological polar surface area (TPSA) is 34.1 Å². The van der Waals surface area contributed by atoms with E-state index in [0.29, 0.717) is 11.1 Å². The summed E-state index contributed by atoms with van der Waals surface area (Å²) in [6.07, 6.45) is 2.06. The highest BCUT2D eigenvalue weighted by atomic mass is 35.5. The molecule has 0 unspecified atom stereocenters. The second-order valence-corrected chi connectivity index (χ2v) is 5.39. The summed E-state index contributed by atoms with van der Waals surface area (Å²) in [6.45, 7) is 3.92. The van der Waals surface area contributed by atoms with E-state index in [0.717, 1.165) is 18.4 Å². The third-order valence-electron chi connectivity index (χ3n) is 3.47. The Hall–Kier alpha value is -1.93. The van der Waals surface area contributed by atoms with Crippen LogP contribution in [0.3, 0.4) is 0 Å². The Kier molecular flexibility index (Phi) is 4.92. The van der Waals surface area contributed by atoms with Gasteiger partial charge < -0.3 is 0 Å². The molecule has 3 heteroatoms. The molecule has 0 amide bonds. The summed E-state index contributed by atoms with van der Waals surface area (Å²) in [5.41, 5.74) is 3.18. The number of ketones is 1. The lowest BCUT2D eigenvalue weighted by molar-refractivity contribution is 0.102. The van der Waals surface area contributed by atoms with E-state index in [-0.39, 0.29) is 11.3 Å². The van der Waals surface area contributed by atoms with Crippen LogP contribution in [0.4, 0.5) is 0 Å². The Bertz CT molecular complexity index is 672. The molecule has 2 rings (SSSR count). The highest BCUT2D eigenvalue weighted by Crippen LogP contribution is 2.21. The van der Waals surface area contributed by atoms with Crippen molar-refractivity contribution in [1.82, 2.24) is 0 Å². The number of rotatable bonds is 5. The maximum atomic E-state index is 12.7. The molecule has 2 aromatic rings. The second-order valence-electron chi connectivity index (χ2n) is 5.05. The first-order valence-electron chi connectivity index (χ1n) is 6.97. The molecule has 0 heterocycles. The largest absolute Gasteiger partial charge is 0.289 e. The minimum Gasteiger partial charge on any atom is -0.289 e. The van der Waals surface area contributed by atoms with Gasteiger partial charge in [0, 0.05) is 16.7 Å². The highest BCUT2D eigenvalue weighted by Gasteiger charge is 2.19. The van der Waals surface area contributed by atoms with Crippen LogP contribution in [-0.2, 0) is 6.42 Å². The van der Waals surface area contributed by atoms with Crippen molar-refractivity contribution < 1.29 is 9.59 Å². The quantitative estimate of drug-likeness (QED) is 0.599. The third-order valence-corrected chi connectivity index (χ3v) is 3.67. The Balaban J connectivity index is 2.42. The van der Waals surface area contributed by atoms with Crippen molar-refractivity contribution in [3.63, 3.8) is 0 Å². The van der Waals surface area contributed by atoms with Gasteiger partial charge in [0.2, 0.25) is 0 Å². The average molecular weight is 301 g/mol. The van der Waals surface area contributed by atoms with Crippen LogP contribution in [0.1, 0.15) is 50.8 Å². The maximum Gasteiger partial charge on any atom is 0.253 e. The molecule has 2 aromatic carbocycles. The zero-order chi connectivity index (χ0) is 15.4. The van der Waals surface area contributed by atoms with Crippen molar-refractivity contribution in [2.75, 3.05) is 0 Å². The summed E-state index contributed by atoms with van der Waals surface area (Å²) in [4.78, 5) is 24.2. The van der Waals surface area contributed by atoms with Crippen molar-refractivity contribution >= 4 is 22.6 Å². The van der Waals surface area contributed by atoms with Gasteiger partial charge in [-0.3, -0.25) is 9.59 Å². The third kappa shape index (κ3) is 3.40. The summed E-state index contributed by atoms with van der Waals surface area (Å²) < 4.78 is 0. The van der Waals surface area contributed by atoms with Gasteiger partial charge in [0.15, 0.2) is 5.78 Å². The summed E-state index contributed by atoms with van der Waals surface area (Å²) >= 11 is 5.59. The van der Waals surface area contributed by atoms with Gasteiger partial charge in [0.1, 0.15) is 0 Å². The monoisotopic (exact) mass is 300 g/mol. The van der Waals surface area contributed by atoms with E-state index in [1.54, 1.807) is 12.1 Å². The number of hydrogen-bond donors (Lipinski definition) is 0. The molecule has 2 nitrogen and oxygen atoms in total. The number of carbonyl (C=O) groups excluding carboxylic acids is 2. The Morgan fingerprint density at radius 3 is 2.29 bits per heavy atom. The lowest BCUT2D eigenvalue weighted by atomic mass is 9.94. The van der Waals surface area contributed by atoms with Crippen LogP contribution in [0.15, 0.2) is 42.5 Å². The van der Waals surface area contributed by atoms with Crippen LogP contribution in [0.5, 0.6) is 0 Å². The number of benzene rings is 2. The van der Waals surface area contributed by atoms with Gasteiger partial charge in [-0.2, -0.15) is 0 Å². The number of hydrogen-bond acceptors (Lipinski definition) is 2. The molecule has 0 spiro atoms. The molecule has 0 bridgehead atoms. The van der Waals surface area contributed by atoms with Crippen molar-refractivity contribution in [2.45, 2.75) is 26.7 Å². The molecule has 0 aliphatic carbocycles. The van der Waals surface area contributed by atoms with Crippen LogP contribution < -0.4 is 0 Å². The van der Waals surface area contributed by atoms with Crippen LogP contribution in [0.25, 0.3) is 0 Å². The van der Waals surface area contributed by atoms with Gasteiger partial charge in [-0.05, 0) is 42.1 Å². The van der Waals surface area contributed by atoms with E-state index in [2.05, 4.69) is 6.92 Å². The van der Waals surface area contributed by atoms with E-state index < -0.39 is 5.24 Å². The summed E-state index contributed by atoms with van der Waals surface area (Å²) in [6, 6.07) is 12.6. The first-order valence-corrected chi connectivity index (χ1v) is 7.35. The fourth-order valence-corrected chi connectivity index (χ4v) is 2.55. The maximum absolute atomic E-state index is 12.7. The van der Waals surface area contributed by atoms with Gasteiger partial charge in [-0.25, -0.2) is 0 Å². The van der Waals surface area contributed by atoms with Gasteiger partial charge in [0.05, 0.1) is 0 Å². The molecule has 0 atom stereocenters. The average Bonchev–Trinajstić information content (AvgIpc) is 2.47. The van der Waals surface area contributed by atoms with E-state index >= 15 is 0 Å². The molecular formula is C18H17ClO2. The smallest absolute Gasteiger partial charge is 0.253 e. The van der Waals surface area contributed by atoms with Gasteiger partial charge in [-0.15, -0.1) is 0 Å². The van der Waals surface area contributed by atoms with Crippen LogP contribution in [0.2, 0.25) is 0 Å². The molecule has 0 aromatic heterocycles. The molecule has 0 aliphatic heterocycles. The molecule has 108 valence electrons. The summed E-state index contributed by atoms with van der Waals surface area (Å²) in [7, 11) is 0. The molecule has 0 N–H and O–H groups in total. The minimum absolute atomic E-state index is 0.167. The zero-order valence-corrected chi connectivity index (χ0v) is 12.9. The highest BCUT2D eigenvalue weighted by molar-refractivity contribution is 6.68. The Morgan fingerprint density at radius 2 is 1.71 bits per heavy atom. The fraction of sp³-hybridized carbons (Fsp3) is 0.222. The molecule has 0 radical (unpaired) electrons. The molecule has 0 aliphatic rings. The van der Waals surface area contributed by atoms with Crippen molar-refractivity contribution in [1.29, 1.82) is 0 Å². The van der Waals surface area contributed by atoms with E-state index in [4.69, 9.17) is 11.6 Å². The fourth-order valence-electron chi connectivity index (χ4n) is 2.39. The Morgan fingerprint density at radius 1 is 1.05 bits per heavy atom. The van der Waals surface area contributed by atoms with Crippen LogP contribution >= 0.6 is 11.6 Å². The molecule has 0 fully saturated rings. The van der Waals surface area contributed by atoms with Gasteiger partial charge in [0.25, 0.3) is 5.24 Å². The van der Waals surface area contributed by atoms with Crippen molar-refractivity contribution in [3.8, 4) is 0 Å². The van der Waals surface area contributed by atoms with Crippen LogP contribution in [-0.4, -0.2) is 11.0 Å². The van der Waals surface area contributed by atoms with Crippen molar-refractivity contribution in [3.05, 3.63) is 70.3 Å². The summed E-state index contributed by atoms with van der Waals surface area (Å²) in [5.74, 6) is -0.167. The number of halogens is 1. The normalized spacial score (nSPS) is 10.4. The predicted molar refractivity (Wildman–Crippen MR) is 85.2 cm³/mol. The number of carbonyl (C=O) groups is 2. The van der Waals surface area contributed by atoms with Gasteiger partial charge >= 0.3 is 0 Å². The lowest BCUT2D eigenvalue weighted by Crippen LogP contribution is -2.09. The predicted octanol–water partition coefficient (Wildman–Crippen LogP) is 4.56. The first kappa shape index (κ1) is 15.5. The second kappa shape index (κ2) is 6.68. The minimum atomic E-state index is -0.607. The Labute approximate surface area is 129 Å². The first-order chi connectivity index (χ1) is 10.0. The molecule has 21 heavy (non-hydrogen) atoms. The standard InChI is InChI=1S/C18H17ClO2/c1-3-5-13-8-10-14(11-9-13)17(20)16-12(2)6-4-7-15(16)18(19)21/h4,6-11H,3,5H2,1-2H3. The van der Waals surface area contributed by atoms with Crippen LogP contribution in [0, 0.1) is 6.92 Å². The number of aryl methyl sites for hydroxylation is 2. The van der Waals surface area contributed by atoms with E-state index in [1.807, 2.05) is 37.3 Å². The van der Waals surface area contributed by atoms with Crippen molar-refractivity contribution in [2.24, 2.45) is 0 Å².